The lowest BCUT2D eigenvalue weighted by Gasteiger charge is -2.33. The molecule has 0 N–H and O–H groups in total. The molecule has 5 rings (SSSR count). The van der Waals surface area contributed by atoms with Crippen LogP contribution in [0.1, 0.15) is 28.8 Å². The lowest BCUT2D eigenvalue weighted by atomic mass is 10.0. The molecule has 0 bridgehead atoms. The molecular weight excluding hydrogens is 466 g/mol. The van der Waals surface area contributed by atoms with Crippen LogP contribution >= 0.6 is 0 Å². The van der Waals surface area contributed by atoms with Gasteiger partial charge in [0.2, 0.25) is 5.88 Å². The second-order valence-corrected chi connectivity index (χ2v) is 9.41. The predicted molar refractivity (Wildman–Crippen MR) is 132 cm³/mol. The zero-order chi connectivity index (χ0) is 25.1. The average molecular weight is 497 g/mol. The van der Waals surface area contributed by atoms with Gasteiger partial charge in [0, 0.05) is 44.9 Å². The molecule has 2 fully saturated rings. The first-order chi connectivity index (χ1) is 17.5. The molecule has 2 aromatic carbocycles. The number of halogens is 2. The van der Waals surface area contributed by atoms with Crippen LogP contribution in [-0.2, 0) is 11.3 Å². The van der Waals surface area contributed by atoms with Gasteiger partial charge in [-0.1, -0.05) is 17.3 Å². The van der Waals surface area contributed by atoms with E-state index in [2.05, 4.69) is 22.0 Å². The molecule has 9 heteroatoms. The van der Waals surface area contributed by atoms with E-state index in [1.54, 1.807) is 29.2 Å². The summed E-state index contributed by atoms with van der Waals surface area (Å²) in [5.41, 5.74) is 1.96. The van der Waals surface area contributed by atoms with Crippen LogP contribution in [0.15, 0.2) is 53.1 Å². The molecule has 36 heavy (non-hydrogen) atoms. The van der Waals surface area contributed by atoms with E-state index in [0.29, 0.717) is 35.9 Å². The number of carbonyl (C=O) groups is 1. The SMILES string of the molecule is CN1CCN(c2onc(-c3ccc(F)cc3)c2CN(C[C@@H]2CCCO2)C(=O)c2ccccc2F)CC1. The molecule has 3 heterocycles. The molecule has 2 aliphatic rings. The minimum absolute atomic E-state index is 0.0106. The summed E-state index contributed by atoms with van der Waals surface area (Å²) >= 11 is 0. The highest BCUT2D eigenvalue weighted by molar-refractivity contribution is 5.94. The molecule has 2 aliphatic heterocycles. The number of aromatic nitrogens is 1. The topological polar surface area (TPSA) is 62.1 Å². The van der Waals surface area contributed by atoms with Crippen molar-refractivity contribution in [2.24, 2.45) is 0 Å². The second-order valence-electron chi connectivity index (χ2n) is 9.41. The summed E-state index contributed by atoms with van der Waals surface area (Å²) < 4.78 is 39.9. The Morgan fingerprint density at radius 1 is 1.08 bits per heavy atom. The number of carbonyl (C=O) groups excluding carboxylic acids is 1. The fraction of sp³-hybridized carbons (Fsp3) is 0.407. The van der Waals surface area contributed by atoms with E-state index in [-0.39, 0.29) is 24.0 Å². The molecule has 2 saturated heterocycles. The van der Waals surface area contributed by atoms with Gasteiger partial charge in [0.15, 0.2) is 0 Å². The van der Waals surface area contributed by atoms with E-state index in [1.165, 1.54) is 24.3 Å². The number of piperazine rings is 1. The van der Waals surface area contributed by atoms with Gasteiger partial charge in [-0.25, -0.2) is 8.78 Å². The first-order valence-corrected chi connectivity index (χ1v) is 12.3. The molecule has 0 unspecified atom stereocenters. The highest BCUT2D eigenvalue weighted by Gasteiger charge is 2.31. The molecule has 0 aliphatic carbocycles. The van der Waals surface area contributed by atoms with Gasteiger partial charge in [0.05, 0.1) is 23.8 Å². The van der Waals surface area contributed by atoms with Crippen LogP contribution in [0.5, 0.6) is 0 Å². The van der Waals surface area contributed by atoms with E-state index in [0.717, 1.165) is 39.0 Å². The van der Waals surface area contributed by atoms with Gasteiger partial charge in [-0.15, -0.1) is 0 Å². The third-order valence-corrected chi connectivity index (χ3v) is 6.86. The Kier molecular flexibility index (Phi) is 7.29. The van der Waals surface area contributed by atoms with E-state index in [9.17, 15) is 13.6 Å². The van der Waals surface area contributed by atoms with Crippen molar-refractivity contribution in [3.05, 3.63) is 71.3 Å². The second kappa shape index (κ2) is 10.8. The Morgan fingerprint density at radius 3 is 2.53 bits per heavy atom. The van der Waals surface area contributed by atoms with Crippen LogP contribution < -0.4 is 4.90 Å². The summed E-state index contributed by atoms with van der Waals surface area (Å²) in [6, 6.07) is 12.0. The van der Waals surface area contributed by atoms with E-state index in [4.69, 9.17) is 9.26 Å². The monoisotopic (exact) mass is 496 g/mol. The maximum Gasteiger partial charge on any atom is 0.257 e. The lowest BCUT2D eigenvalue weighted by molar-refractivity contribution is 0.0504. The Balaban J connectivity index is 1.53. The van der Waals surface area contributed by atoms with Crippen LogP contribution in [0.3, 0.4) is 0 Å². The van der Waals surface area contributed by atoms with Crippen molar-refractivity contribution in [3.63, 3.8) is 0 Å². The van der Waals surface area contributed by atoms with Crippen molar-refractivity contribution in [2.45, 2.75) is 25.5 Å². The van der Waals surface area contributed by atoms with E-state index >= 15 is 0 Å². The smallest absolute Gasteiger partial charge is 0.257 e. The van der Waals surface area contributed by atoms with Gasteiger partial charge >= 0.3 is 0 Å². The molecule has 7 nitrogen and oxygen atoms in total. The molecular formula is C27H30F2N4O3. The molecule has 1 aromatic heterocycles. The summed E-state index contributed by atoms with van der Waals surface area (Å²) in [6.45, 7) is 4.34. The third-order valence-electron chi connectivity index (χ3n) is 6.86. The number of hydrogen-bond acceptors (Lipinski definition) is 6. The first-order valence-electron chi connectivity index (χ1n) is 12.3. The molecule has 0 spiro atoms. The average Bonchev–Trinajstić information content (AvgIpc) is 3.55. The van der Waals surface area contributed by atoms with Gasteiger partial charge in [-0.05, 0) is 56.3 Å². The zero-order valence-electron chi connectivity index (χ0n) is 20.3. The van der Waals surface area contributed by atoms with Crippen LogP contribution in [0, 0.1) is 11.6 Å². The third kappa shape index (κ3) is 5.27. The summed E-state index contributed by atoms with van der Waals surface area (Å²) in [5.74, 6) is -0.749. The fourth-order valence-electron chi connectivity index (χ4n) is 4.78. The number of amides is 1. The van der Waals surface area contributed by atoms with Crippen molar-refractivity contribution < 1.29 is 22.8 Å². The number of nitrogens with zero attached hydrogens (tertiary/aromatic N) is 4. The largest absolute Gasteiger partial charge is 0.376 e. The molecule has 1 atom stereocenters. The predicted octanol–water partition coefficient (Wildman–Crippen LogP) is 4.19. The molecule has 0 radical (unpaired) electrons. The van der Waals surface area contributed by atoms with Crippen molar-refractivity contribution in [1.82, 2.24) is 15.0 Å². The number of likely N-dealkylation sites (N-methyl/N-ethyl adjacent to an activating group) is 1. The minimum Gasteiger partial charge on any atom is -0.376 e. The number of ether oxygens (including phenoxy) is 1. The van der Waals surface area contributed by atoms with Crippen molar-refractivity contribution >= 4 is 11.8 Å². The maximum absolute atomic E-state index is 14.6. The highest BCUT2D eigenvalue weighted by Crippen LogP contribution is 2.34. The van der Waals surface area contributed by atoms with E-state index in [1.807, 2.05) is 0 Å². The fourth-order valence-corrected chi connectivity index (χ4v) is 4.78. The molecule has 1 amide bonds. The number of hydrogen-bond donors (Lipinski definition) is 0. The molecule has 3 aromatic rings. The van der Waals surface area contributed by atoms with Gasteiger partial charge < -0.3 is 24.0 Å². The quantitative estimate of drug-likeness (QED) is 0.489. The zero-order valence-corrected chi connectivity index (χ0v) is 20.3. The van der Waals surface area contributed by atoms with Gasteiger partial charge in [-0.3, -0.25) is 4.79 Å². The Morgan fingerprint density at radius 2 is 1.83 bits per heavy atom. The van der Waals surface area contributed by atoms with Crippen LogP contribution in [0.25, 0.3) is 11.3 Å². The minimum atomic E-state index is -0.566. The van der Waals surface area contributed by atoms with E-state index < -0.39 is 11.7 Å². The normalized spacial score (nSPS) is 18.5. The molecule has 0 saturated carbocycles. The summed E-state index contributed by atoms with van der Waals surface area (Å²) in [4.78, 5) is 19.6. The first kappa shape index (κ1) is 24.4. The number of benzene rings is 2. The van der Waals surface area contributed by atoms with Crippen molar-refractivity contribution in [2.75, 3.05) is 51.3 Å². The Labute approximate surface area is 209 Å². The van der Waals surface area contributed by atoms with Crippen molar-refractivity contribution in [3.8, 4) is 11.3 Å². The maximum atomic E-state index is 14.6. The number of anilines is 1. The van der Waals surface area contributed by atoms with Crippen LogP contribution in [0.4, 0.5) is 14.7 Å². The molecule has 190 valence electrons. The Hall–Kier alpha value is -3.30. The van der Waals surface area contributed by atoms with Gasteiger partial charge in [0.1, 0.15) is 17.3 Å². The number of rotatable bonds is 7. The summed E-state index contributed by atoms with van der Waals surface area (Å²) in [7, 11) is 2.07. The van der Waals surface area contributed by atoms with Crippen LogP contribution in [-0.4, -0.2) is 73.3 Å². The highest BCUT2D eigenvalue weighted by atomic mass is 19.1. The summed E-state index contributed by atoms with van der Waals surface area (Å²) in [5, 5.41) is 4.35. The lowest BCUT2D eigenvalue weighted by Crippen LogP contribution is -2.45. The standard InChI is InChI=1S/C27H30F2N4O3/c1-31-12-14-32(15-13-31)27-23(25(30-36-27)19-8-10-20(28)11-9-19)18-33(17-21-5-4-16-35-21)26(34)22-6-2-3-7-24(22)29/h2-3,6-11,21H,4-5,12-18H2,1H3/t21-/m0/s1. The van der Waals surface area contributed by atoms with Gasteiger partial charge in [0.25, 0.3) is 5.91 Å². The van der Waals surface area contributed by atoms with Crippen molar-refractivity contribution in [1.29, 1.82) is 0 Å². The van der Waals surface area contributed by atoms with Gasteiger partial charge in [-0.2, -0.15) is 0 Å². The van der Waals surface area contributed by atoms with Crippen LogP contribution in [0.2, 0.25) is 0 Å². The Bertz CT molecular complexity index is 1190. The summed E-state index contributed by atoms with van der Waals surface area (Å²) in [6.07, 6.45) is 1.63.